The molecule has 18 heavy (non-hydrogen) atoms. The quantitative estimate of drug-likeness (QED) is 0.629. The zero-order valence-corrected chi connectivity index (χ0v) is 12.0. The summed E-state index contributed by atoms with van der Waals surface area (Å²) in [6.45, 7) is 10.8. The lowest BCUT2D eigenvalue weighted by Crippen LogP contribution is -2.23. The highest BCUT2D eigenvalue weighted by Gasteiger charge is 1.99. The Labute approximate surface area is 111 Å². The average molecular weight is 250 g/mol. The average Bonchev–Trinajstić information content (AvgIpc) is 2.38. The van der Waals surface area contributed by atoms with Gasteiger partial charge in [0.2, 0.25) is 5.88 Å². The molecule has 0 aliphatic rings. The molecule has 1 aromatic rings. The van der Waals surface area contributed by atoms with Crippen molar-refractivity contribution in [3.63, 3.8) is 0 Å². The third kappa shape index (κ3) is 6.01. The predicted molar refractivity (Wildman–Crippen MR) is 76.1 cm³/mol. The highest BCUT2D eigenvalue weighted by atomic mass is 16.5. The van der Waals surface area contributed by atoms with Crippen molar-refractivity contribution in [1.29, 1.82) is 0 Å². The maximum atomic E-state index is 5.62. The Morgan fingerprint density at radius 3 is 2.61 bits per heavy atom. The molecule has 0 saturated heterocycles. The molecular formula is C15H26N2O. The van der Waals surface area contributed by atoms with E-state index >= 15 is 0 Å². The van der Waals surface area contributed by atoms with Gasteiger partial charge in [0.05, 0.1) is 6.61 Å². The summed E-state index contributed by atoms with van der Waals surface area (Å²) in [5.41, 5.74) is 1.20. The number of unbranched alkanes of at least 4 members (excludes halogenated alkanes) is 2. The van der Waals surface area contributed by atoms with Gasteiger partial charge in [-0.3, -0.25) is 0 Å². The first-order valence-corrected chi connectivity index (χ1v) is 7.04. The fourth-order valence-corrected chi connectivity index (χ4v) is 1.92. The van der Waals surface area contributed by atoms with E-state index in [0.29, 0.717) is 0 Å². The zero-order valence-electron chi connectivity index (χ0n) is 12.0. The molecule has 0 aliphatic heterocycles. The summed E-state index contributed by atoms with van der Waals surface area (Å²) >= 11 is 0. The SMILES string of the molecule is CCN(CC)CCCCCOc1cc(C)ccn1. The summed E-state index contributed by atoms with van der Waals surface area (Å²) in [4.78, 5) is 6.64. The van der Waals surface area contributed by atoms with Gasteiger partial charge in [0.25, 0.3) is 0 Å². The van der Waals surface area contributed by atoms with E-state index in [0.717, 1.165) is 32.0 Å². The van der Waals surface area contributed by atoms with Crippen LogP contribution in [0, 0.1) is 6.92 Å². The minimum Gasteiger partial charge on any atom is -0.478 e. The number of pyridine rings is 1. The van der Waals surface area contributed by atoms with Crippen LogP contribution in [0.1, 0.15) is 38.7 Å². The molecule has 3 heteroatoms. The summed E-state index contributed by atoms with van der Waals surface area (Å²) in [6, 6.07) is 3.97. The molecule has 1 rings (SSSR count). The van der Waals surface area contributed by atoms with Gasteiger partial charge in [-0.15, -0.1) is 0 Å². The Morgan fingerprint density at radius 1 is 1.17 bits per heavy atom. The van der Waals surface area contributed by atoms with E-state index in [-0.39, 0.29) is 0 Å². The normalized spacial score (nSPS) is 10.9. The summed E-state index contributed by atoms with van der Waals surface area (Å²) in [5, 5.41) is 0. The molecule has 1 heterocycles. The van der Waals surface area contributed by atoms with Crippen molar-refractivity contribution < 1.29 is 4.74 Å². The van der Waals surface area contributed by atoms with Crippen molar-refractivity contribution in [2.45, 2.75) is 40.0 Å². The van der Waals surface area contributed by atoms with Gasteiger partial charge < -0.3 is 9.64 Å². The molecule has 3 nitrogen and oxygen atoms in total. The summed E-state index contributed by atoms with van der Waals surface area (Å²) < 4.78 is 5.62. The Balaban J connectivity index is 2.05. The van der Waals surface area contributed by atoms with Crippen LogP contribution in [-0.2, 0) is 0 Å². The first kappa shape index (κ1) is 15.0. The molecule has 0 saturated carbocycles. The first-order chi connectivity index (χ1) is 8.76. The van der Waals surface area contributed by atoms with Gasteiger partial charge >= 0.3 is 0 Å². The highest BCUT2D eigenvalue weighted by molar-refractivity contribution is 5.18. The Hall–Kier alpha value is -1.09. The van der Waals surface area contributed by atoms with Gasteiger partial charge in [0.1, 0.15) is 0 Å². The molecule has 0 spiro atoms. The molecule has 0 fully saturated rings. The Morgan fingerprint density at radius 2 is 1.94 bits per heavy atom. The molecule has 0 radical (unpaired) electrons. The lowest BCUT2D eigenvalue weighted by atomic mass is 10.2. The zero-order chi connectivity index (χ0) is 13.2. The minimum absolute atomic E-state index is 0.749. The predicted octanol–water partition coefficient (Wildman–Crippen LogP) is 3.28. The lowest BCUT2D eigenvalue weighted by Gasteiger charge is -2.17. The Kier molecular flexibility index (Phi) is 7.42. The van der Waals surface area contributed by atoms with Gasteiger partial charge in [-0.05, 0) is 57.5 Å². The van der Waals surface area contributed by atoms with Crippen molar-refractivity contribution in [3.05, 3.63) is 23.9 Å². The molecule has 0 N–H and O–H groups in total. The fraction of sp³-hybridized carbons (Fsp3) is 0.667. The van der Waals surface area contributed by atoms with Crippen molar-refractivity contribution in [2.24, 2.45) is 0 Å². The maximum Gasteiger partial charge on any atom is 0.213 e. The molecule has 0 aromatic carbocycles. The second-order valence-corrected chi connectivity index (χ2v) is 4.61. The number of ether oxygens (including phenoxy) is 1. The van der Waals surface area contributed by atoms with Crippen LogP contribution in [0.25, 0.3) is 0 Å². The second kappa shape index (κ2) is 8.92. The molecule has 0 amide bonds. The first-order valence-electron chi connectivity index (χ1n) is 7.04. The molecule has 1 aromatic heterocycles. The van der Waals surface area contributed by atoms with Crippen LogP contribution in [0.5, 0.6) is 5.88 Å². The van der Waals surface area contributed by atoms with Crippen molar-refractivity contribution in [2.75, 3.05) is 26.2 Å². The maximum absolute atomic E-state index is 5.62. The van der Waals surface area contributed by atoms with Gasteiger partial charge in [0.15, 0.2) is 0 Å². The van der Waals surface area contributed by atoms with Crippen LogP contribution in [0.3, 0.4) is 0 Å². The van der Waals surface area contributed by atoms with Crippen LogP contribution in [0.2, 0.25) is 0 Å². The van der Waals surface area contributed by atoms with Crippen molar-refractivity contribution >= 4 is 0 Å². The van der Waals surface area contributed by atoms with E-state index in [9.17, 15) is 0 Å². The minimum atomic E-state index is 0.749. The van der Waals surface area contributed by atoms with Crippen molar-refractivity contribution in [1.82, 2.24) is 9.88 Å². The van der Waals surface area contributed by atoms with Gasteiger partial charge in [-0.2, -0.15) is 0 Å². The van der Waals surface area contributed by atoms with Crippen LogP contribution < -0.4 is 4.74 Å². The van der Waals surface area contributed by atoms with Crippen LogP contribution >= 0.6 is 0 Å². The van der Waals surface area contributed by atoms with Gasteiger partial charge in [-0.25, -0.2) is 4.98 Å². The van der Waals surface area contributed by atoms with Crippen LogP contribution in [0.15, 0.2) is 18.3 Å². The second-order valence-electron chi connectivity index (χ2n) is 4.61. The number of nitrogens with zero attached hydrogens (tertiary/aromatic N) is 2. The number of aromatic nitrogens is 1. The topological polar surface area (TPSA) is 25.4 Å². The Bertz CT molecular complexity index is 324. The van der Waals surface area contributed by atoms with E-state index in [1.165, 1.54) is 24.9 Å². The van der Waals surface area contributed by atoms with E-state index in [1.807, 2.05) is 12.1 Å². The van der Waals surface area contributed by atoms with E-state index < -0.39 is 0 Å². The van der Waals surface area contributed by atoms with E-state index in [2.05, 4.69) is 30.7 Å². The molecule has 0 aliphatic carbocycles. The highest BCUT2D eigenvalue weighted by Crippen LogP contribution is 2.09. The summed E-state index contributed by atoms with van der Waals surface area (Å²) in [6.07, 6.45) is 5.39. The molecule has 102 valence electrons. The fourth-order valence-electron chi connectivity index (χ4n) is 1.92. The number of aryl methyl sites for hydroxylation is 1. The molecule has 0 unspecified atom stereocenters. The molecule has 0 atom stereocenters. The number of hydrogen-bond acceptors (Lipinski definition) is 3. The monoisotopic (exact) mass is 250 g/mol. The van der Waals surface area contributed by atoms with Gasteiger partial charge in [-0.1, -0.05) is 13.8 Å². The summed E-state index contributed by atoms with van der Waals surface area (Å²) in [5.74, 6) is 0.749. The molecule has 0 bridgehead atoms. The van der Waals surface area contributed by atoms with E-state index in [1.54, 1.807) is 6.20 Å². The van der Waals surface area contributed by atoms with Gasteiger partial charge in [0, 0.05) is 12.3 Å². The standard InChI is InChI=1S/C15H26N2O/c1-4-17(5-2)11-7-6-8-12-18-15-13-14(3)9-10-16-15/h9-10,13H,4-8,11-12H2,1-3H3. The third-order valence-corrected chi connectivity index (χ3v) is 3.15. The third-order valence-electron chi connectivity index (χ3n) is 3.15. The largest absolute Gasteiger partial charge is 0.478 e. The number of rotatable bonds is 9. The van der Waals surface area contributed by atoms with Crippen molar-refractivity contribution in [3.8, 4) is 5.88 Å². The van der Waals surface area contributed by atoms with E-state index in [4.69, 9.17) is 4.74 Å². The van der Waals surface area contributed by atoms with Crippen LogP contribution in [0.4, 0.5) is 0 Å². The molecular weight excluding hydrogens is 224 g/mol. The lowest BCUT2D eigenvalue weighted by molar-refractivity contribution is 0.272. The smallest absolute Gasteiger partial charge is 0.213 e. The number of hydrogen-bond donors (Lipinski definition) is 0. The summed E-state index contributed by atoms with van der Waals surface area (Å²) in [7, 11) is 0. The van der Waals surface area contributed by atoms with Crippen LogP contribution in [-0.4, -0.2) is 36.1 Å².